The van der Waals surface area contributed by atoms with Crippen molar-refractivity contribution in [3.05, 3.63) is 58.9 Å². The van der Waals surface area contributed by atoms with E-state index in [1.54, 1.807) is 11.3 Å². The standard InChI is InChI=1S/C39H41FN6O2S/c1-22(31-10-6-14-44(31)2)48-39-28-18-25(20-45-15-7-12-33(45)47)46(37-24-17-30(37)42-19-24)38(28)27-16-23(8-5-13-41)34(35(40)36(27)43-39)29-21-49-32-11-4-3-9-26(29)32/h3-4,9,11,16,18,21-22,24,30-31,37,42H,5-8,10,12,14-15,17,19-20H2,1-2H3/t22-,24+,30+,31?,37-/m0/s1. The van der Waals surface area contributed by atoms with Crippen LogP contribution >= 0.6 is 11.3 Å². The molecule has 8 nitrogen and oxygen atoms in total. The minimum absolute atomic E-state index is 0.146. The average molecular weight is 677 g/mol. The first-order valence-corrected chi connectivity index (χ1v) is 18.7. The Kier molecular flexibility index (Phi) is 7.64. The summed E-state index contributed by atoms with van der Waals surface area (Å²) in [6.07, 6.45) is 5.29. The molecule has 10 rings (SSSR count). The second-order valence-electron chi connectivity index (χ2n) is 14.5. The molecule has 49 heavy (non-hydrogen) atoms. The molecule has 1 saturated carbocycles. The summed E-state index contributed by atoms with van der Waals surface area (Å²) in [6.45, 7) is 5.33. The van der Waals surface area contributed by atoms with E-state index in [4.69, 9.17) is 9.72 Å². The fraction of sp³-hybridized carbons (Fsp3) is 0.462. The molecule has 252 valence electrons. The number of benzene rings is 2. The summed E-state index contributed by atoms with van der Waals surface area (Å²) in [5.41, 5.74) is 4.44. The molecule has 3 aromatic heterocycles. The highest BCUT2D eigenvalue weighted by atomic mass is 32.1. The molecule has 1 unspecified atom stereocenters. The maximum atomic E-state index is 17.6. The quantitative estimate of drug-likeness (QED) is 0.178. The van der Waals surface area contributed by atoms with Gasteiger partial charge >= 0.3 is 0 Å². The number of rotatable bonds is 9. The number of ether oxygens (including phenoxy) is 1. The summed E-state index contributed by atoms with van der Waals surface area (Å²) in [5.74, 6) is 0.727. The largest absolute Gasteiger partial charge is 0.472 e. The number of nitrogens with zero attached hydrogens (tertiary/aromatic N) is 5. The molecule has 1 aliphatic carbocycles. The topological polar surface area (TPSA) is 86.4 Å². The molecule has 5 atom stereocenters. The smallest absolute Gasteiger partial charge is 0.223 e. The summed E-state index contributed by atoms with van der Waals surface area (Å²) >= 11 is 1.60. The van der Waals surface area contributed by atoms with Gasteiger partial charge in [-0.05, 0) is 87.7 Å². The van der Waals surface area contributed by atoms with Crippen molar-refractivity contribution in [2.75, 3.05) is 26.7 Å². The molecular weight excluding hydrogens is 636 g/mol. The van der Waals surface area contributed by atoms with Gasteiger partial charge in [0, 0.05) is 70.3 Å². The average Bonchev–Trinajstić information content (AvgIpc) is 3.94. The lowest BCUT2D eigenvalue weighted by molar-refractivity contribution is -0.128. The van der Waals surface area contributed by atoms with Crippen molar-refractivity contribution < 1.29 is 13.9 Å². The highest BCUT2D eigenvalue weighted by Crippen LogP contribution is 2.50. The van der Waals surface area contributed by atoms with Crippen LogP contribution in [0, 0.1) is 23.1 Å². The zero-order valence-corrected chi connectivity index (χ0v) is 28.9. The number of fused-ring (bicyclic) bond motifs is 5. The van der Waals surface area contributed by atoms with Crippen LogP contribution in [0.3, 0.4) is 0 Å². The Balaban J connectivity index is 1.32. The fourth-order valence-corrected chi connectivity index (χ4v) is 10.2. The van der Waals surface area contributed by atoms with E-state index in [2.05, 4.69) is 53.0 Å². The number of hydrogen-bond acceptors (Lipinski definition) is 7. The lowest BCUT2D eigenvalue weighted by atomic mass is 9.79. The van der Waals surface area contributed by atoms with Gasteiger partial charge in [-0.3, -0.25) is 9.69 Å². The first kappa shape index (κ1) is 31.0. The predicted octanol–water partition coefficient (Wildman–Crippen LogP) is 7.18. The number of likely N-dealkylation sites (N-methyl/N-ethyl adjacent to an activating group) is 1. The van der Waals surface area contributed by atoms with Crippen molar-refractivity contribution in [3.63, 3.8) is 0 Å². The van der Waals surface area contributed by atoms with Gasteiger partial charge in [-0.2, -0.15) is 5.26 Å². The number of likely N-dealkylation sites (tertiary alicyclic amines) is 2. The van der Waals surface area contributed by atoms with Crippen LogP contribution in [0.1, 0.15) is 62.7 Å². The Morgan fingerprint density at radius 2 is 2.06 bits per heavy atom. The number of carbonyl (C=O) groups is 1. The molecule has 5 aromatic rings. The van der Waals surface area contributed by atoms with E-state index in [0.29, 0.717) is 48.3 Å². The number of aryl methyl sites for hydroxylation is 1. The van der Waals surface area contributed by atoms with Crippen LogP contribution in [-0.2, 0) is 17.8 Å². The van der Waals surface area contributed by atoms with E-state index in [9.17, 15) is 10.1 Å². The number of amides is 1. The van der Waals surface area contributed by atoms with Crippen molar-refractivity contribution in [1.29, 1.82) is 5.26 Å². The molecular formula is C39H41FN6O2S. The fourth-order valence-electron chi connectivity index (χ4n) is 9.25. The van der Waals surface area contributed by atoms with Crippen LogP contribution in [0.5, 0.6) is 5.88 Å². The Morgan fingerprint density at radius 3 is 2.80 bits per heavy atom. The van der Waals surface area contributed by atoms with Gasteiger partial charge in [-0.15, -0.1) is 11.3 Å². The van der Waals surface area contributed by atoms with E-state index in [1.165, 1.54) is 0 Å². The van der Waals surface area contributed by atoms with Crippen LogP contribution in [0.4, 0.5) is 4.39 Å². The Morgan fingerprint density at radius 1 is 1.18 bits per heavy atom. The van der Waals surface area contributed by atoms with Crippen molar-refractivity contribution >= 4 is 49.1 Å². The van der Waals surface area contributed by atoms with Crippen LogP contribution < -0.4 is 10.1 Å². The van der Waals surface area contributed by atoms with E-state index in [-0.39, 0.29) is 36.3 Å². The van der Waals surface area contributed by atoms with Gasteiger partial charge in [-0.25, -0.2) is 9.37 Å². The normalized spacial score (nSPS) is 24.4. The minimum atomic E-state index is -0.370. The summed E-state index contributed by atoms with van der Waals surface area (Å²) in [6, 6.07) is 15.4. The van der Waals surface area contributed by atoms with Crippen LogP contribution in [0.2, 0.25) is 0 Å². The zero-order chi connectivity index (χ0) is 33.4. The van der Waals surface area contributed by atoms with Crippen LogP contribution in [0.15, 0.2) is 41.8 Å². The van der Waals surface area contributed by atoms with Crippen molar-refractivity contribution in [1.82, 2.24) is 24.7 Å². The maximum Gasteiger partial charge on any atom is 0.223 e. The van der Waals surface area contributed by atoms with E-state index < -0.39 is 0 Å². The maximum absolute atomic E-state index is 17.6. The molecule has 1 N–H and O–H groups in total. The number of nitriles is 1. The Bertz CT molecular complexity index is 2150. The Labute approximate surface area is 289 Å². The van der Waals surface area contributed by atoms with Gasteiger partial charge < -0.3 is 19.5 Å². The number of hydrogen-bond donors (Lipinski definition) is 1. The van der Waals surface area contributed by atoms with Gasteiger partial charge in [0.25, 0.3) is 0 Å². The monoisotopic (exact) mass is 676 g/mol. The first-order chi connectivity index (χ1) is 23.9. The molecule has 10 heteroatoms. The lowest BCUT2D eigenvalue weighted by Gasteiger charge is -2.38. The zero-order valence-electron chi connectivity index (χ0n) is 28.0. The molecule has 0 radical (unpaired) electrons. The SMILES string of the molecule is C[C@H](Oc1nc2c(F)c(-c3csc4ccccc34)c(CCC#N)cc2c2c1cc(CN1CCCC1=O)n2[C@H]1[C@H]2CN[C@@H]1C2)C1CCCN1C. The van der Waals surface area contributed by atoms with Gasteiger partial charge in [0.05, 0.1) is 29.6 Å². The minimum Gasteiger partial charge on any atom is -0.472 e. The van der Waals surface area contributed by atoms with Crippen LogP contribution in [-0.4, -0.2) is 70.1 Å². The molecule has 2 bridgehead atoms. The number of halogens is 1. The molecule has 4 aliphatic heterocycles. The summed E-state index contributed by atoms with van der Waals surface area (Å²) in [5, 5.41) is 18.0. The third-order valence-corrected chi connectivity index (χ3v) is 12.7. The molecule has 5 aliphatic rings. The number of pyridine rings is 1. The number of thiophene rings is 1. The number of nitrogens with one attached hydrogen (secondary N) is 1. The molecule has 2 aromatic carbocycles. The first-order valence-electron chi connectivity index (χ1n) is 17.8. The highest BCUT2D eigenvalue weighted by Gasteiger charge is 2.49. The molecule has 1 amide bonds. The van der Waals surface area contributed by atoms with E-state index >= 15 is 4.39 Å². The van der Waals surface area contributed by atoms with E-state index in [1.807, 2.05) is 28.5 Å². The van der Waals surface area contributed by atoms with Crippen molar-refractivity contribution in [3.8, 4) is 23.1 Å². The van der Waals surface area contributed by atoms with E-state index in [0.717, 1.165) is 88.5 Å². The van der Waals surface area contributed by atoms with Crippen molar-refractivity contribution in [2.24, 2.45) is 5.92 Å². The number of aromatic nitrogens is 2. The molecule has 4 saturated heterocycles. The molecule has 7 heterocycles. The lowest BCUT2D eigenvalue weighted by Crippen LogP contribution is -2.40. The second kappa shape index (κ2) is 12.1. The highest BCUT2D eigenvalue weighted by molar-refractivity contribution is 7.17. The Hall–Kier alpha value is -4.04. The van der Waals surface area contributed by atoms with Crippen molar-refractivity contribution in [2.45, 2.75) is 82.6 Å². The van der Waals surface area contributed by atoms with Gasteiger partial charge in [0.2, 0.25) is 11.8 Å². The van der Waals surface area contributed by atoms with Gasteiger partial charge in [0.1, 0.15) is 11.6 Å². The third kappa shape index (κ3) is 4.96. The van der Waals surface area contributed by atoms with Gasteiger partial charge in [-0.1, -0.05) is 18.2 Å². The third-order valence-electron chi connectivity index (χ3n) is 11.7. The predicted molar refractivity (Wildman–Crippen MR) is 191 cm³/mol. The summed E-state index contributed by atoms with van der Waals surface area (Å²) in [7, 11) is 2.14. The summed E-state index contributed by atoms with van der Waals surface area (Å²) < 4.78 is 27.9. The second-order valence-corrected chi connectivity index (χ2v) is 15.5. The van der Waals surface area contributed by atoms with Crippen LogP contribution in [0.25, 0.3) is 43.0 Å². The summed E-state index contributed by atoms with van der Waals surface area (Å²) in [4.78, 5) is 22.3. The molecule has 5 fully saturated rings. The van der Waals surface area contributed by atoms with Gasteiger partial charge in [0.15, 0.2) is 5.82 Å². The number of carbonyl (C=O) groups excluding carboxylic acids is 1. The molecule has 0 spiro atoms.